The number of nitro benzene ring substituents is 1. The zero-order chi connectivity index (χ0) is 15.4. The van der Waals surface area contributed by atoms with Crippen molar-refractivity contribution in [3.8, 4) is 0 Å². The average molecular weight is 352 g/mol. The number of rotatable bonds is 6. The largest absolute Gasteiger partial charge is 0.349 e. The number of benzene rings is 1. The minimum absolute atomic E-state index is 0.0242. The Hall–Kier alpha value is -1.66. The lowest BCUT2D eigenvalue weighted by molar-refractivity contribution is -0.385. The molecule has 2 rings (SSSR count). The minimum Gasteiger partial charge on any atom is -0.349 e. The second kappa shape index (κ2) is 6.87. The van der Waals surface area contributed by atoms with Gasteiger partial charge >= 0.3 is 0 Å². The highest BCUT2D eigenvalue weighted by Gasteiger charge is 2.15. The van der Waals surface area contributed by atoms with E-state index in [0.29, 0.717) is 16.6 Å². The first-order valence-corrected chi connectivity index (χ1v) is 7.64. The predicted octanol–water partition coefficient (Wildman–Crippen LogP) is 4.01. The van der Waals surface area contributed by atoms with E-state index in [4.69, 9.17) is 5.73 Å². The third-order valence-electron chi connectivity index (χ3n) is 3.40. The summed E-state index contributed by atoms with van der Waals surface area (Å²) in [6, 6.07) is 7.12. The summed E-state index contributed by atoms with van der Waals surface area (Å²) in [5.74, 6) is 0. The monoisotopic (exact) mass is 351 g/mol. The predicted molar refractivity (Wildman–Crippen MR) is 86.2 cm³/mol. The van der Waals surface area contributed by atoms with Crippen LogP contribution in [0.15, 0.2) is 41.1 Å². The third kappa shape index (κ3) is 3.92. The van der Waals surface area contributed by atoms with Crippen LogP contribution < -0.4 is 5.73 Å². The highest BCUT2D eigenvalue weighted by atomic mass is 79.9. The SMILES string of the molecule is CCCC(N)c1ccn(Cc2ccc(Br)cc2[N+](=O)[O-])c1. The first kappa shape index (κ1) is 15.7. The normalized spacial score (nSPS) is 12.3. The quantitative estimate of drug-likeness (QED) is 0.631. The third-order valence-corrected chi connectivity index (χ3v) is 3.89. The van der Waals surface area contributed by atoms with Gasteiger partial charge < -0.3 is 10.3 Å². The van der Waals surface area contributed by atoms with Crippen LogP contribution in [0.2, 0.25) is 0 Å². The smallest absolute Gasteiger partial charge is 0.275 e. The Morgan fingerprint density at radius 1 is 1.43 bits per heavy atom. The van der Waals surface area contributed by atoms with E-state index in [1.807, 2.05) is 29.1 Å². The van der Waals surface area contributed by atoms with Gasteiger partial charge in [0.1, 0.15) is 0 Å². The number of hydrogen-bond acceptors (Lipinski definition) is 3. The van der Waals surface area contributed by atoms with Crippen LogP contribution in [0.5, 0.6) is 0 Å². The van der Waals surface area contributed by atoms with E-state index in [1.54, 1.807) is 6.07 Å². The van der Waals surface area contributed by atoms with E-state index in [1.165, 1.54) is 6.07 Å². The molecule has 0 aliphatic carbocycles. The van der Waals surface area contributed by atoms with Crippen LogP contribution in [0, 0.1) is 10.1 Å². The van der Waals surface area contributed by atoms with Crippen molar-refractivity contribution >= 4 is 21.6 Å². The van der Waals surface area contributed by atoms with Crippen molar-refractivity contribution in [1.29, 1.82) is 0 Å². The molecule has 0 fully saturated rings. The van der Waals surface area contributed by atoms with Crippen LogP contribution in [0.3, 0.4) is 0 Å². The molecule has 21 heavy (non-hydrogen) atoms. The Kier molecular flexibility index (Phi) is 5.14. The zero-order valence-corrected chi connectivity index (χ0v) is 13.4. The molecule has 0 amide bonds. The molecule has 5 nitrogen and oxygen atoms in total. The van der Waals surface area contributed by atoms with Gasteiger partial charge in [0.15, 0.2) is 0 Å². The number of nitrogens with two attached hydrogens (primary N) is 1. The Balaban J connectivity index is 2.21. The molecular weight excluding hydrogens is 334 g/mol. The van der Waals surface area contributed by atoms with E-state index < -0.39 is 0 Å². The molecular formula is C15H18BrN3O2. The standard InChI is InChI=1S/C15H18BrN3O2/c1-2-3-14(17)11-6-7-18(9-11)10-12-4-5-13(16)8-15(12)19(20)21/h4-9,14H,2-3,10,17H2,1H3. The second-order valence-corrected chi connectivity index (χ2v) is 5.96. The number of nitrogens with zero attached hydrogens (tertiary/aromatic N) is 2. The number of hydrogen-bond donors (Lipinski definition) is 1. The second-order valence-electron chi connectivity index (χ2n) is 5.04. The summed E-state index contributed by atoms with van der Waals surface area (Å²) in [5.41, 5.74) is 7.95. The van der Waals surface area contributed by atoms with Crippen LogP contribution in [0.1, 0.15) is 36.9 Å². The van der Waals surface area contributed by atoms with Gasteiger partial charge in [-0.1, -0.05) is 29.3 Å². The van der Waals surface area contributed by atoms with Crippen LogP contribution in [0.25, 0.3) is 0 Å². The van der Waals surface area contributed by atoms with Crippen molar-refractivity contribution < 1.29 is 4.92 Å². The van der Waals surface area contributed by atoms with E-state index >= 15 is 0 Å². The lowest BCUT2D eigenvalue weighted by Gasteiger charge is -2.08. The van der Waals surface area contributed by atoms with E-state index in [9.17, 15) is 10.1 Å². The van der Waals surface area contributed by atoms with Gasteiger partial charge in [-0.3, -0.25) is 10.1 Å². The van der Waals surface area contributed by atoms with Crippen molar-refractivity contribution in [1.82, 2.24) is 4.57 Å². The van der Waals surface area contributed by atoms with Crippen molar-refractivity contribution in [3.05, 3.63) is 62.4 Å². The van der Waals surface area contributed by atoms with Crippen molar-refractivity contribution in [2.24, 2.45) is 5.73 Å². The molecule has 0 bridgehead atoms. The van der Waals surface area contributed by atoms with Crippen molar-refractivity contribution in [2.45, 2.75) is 32.4 Å². The minimum atomic E-state index is -0.354. The van der Waals surface area contributed by atoms with Crippen LogP contribution in [-0.2, 0) is 6.54 Å². The molecule has 6 heteroatoms. The Morgan fingerprint density at radius 2 is 2.19 bits per heavy atom. The van der Waals surface area contributed by atoms with Gasteiger partial charge in [-0.05, 0) is 30.2 Å². The number of nitro groups is 1. The summed E-state index contributed by atoms with van der Waals surface area (Å²) in [6.45, 7) is 2.56. The summed E-state index contributed by atoms with van der Waals surface area (Å²) in [4.78, 5) is 10.8. The molecule has 1 aromatic heterocycles. The maximum Gasteiger partial charge on any atom is 0.275 e. The fraction of sp³-hybridized carbons (Fsp3) is 0.333. The fourth-order valence-corrected chi connectivity index (χ4v) is 2.64. The number of halogens is 1. The summed E-state index contributed by atoms with van der Waals surface area (Å²) in [6.07, 6.45) is 5.84. The van der Waals surface area contributed by atoms with Crippen molar-refractivity contribution in [2.75, 3.05) is 0 Å². The van der Waals surface area contributed by atoms with Gasteiger partial charge in [-0.25, -0.2) is 0 Å². The highest BCUT2D eigenvalue weighted by Crippen LogP contribution is 2.25. The molecule has 1 unspecified atom stereocenters. The van der Waals surface area contributed by atoms with Gasteiger partial charge in [-0.15, -0.1) is 0 Å². The maximum atomic E-state index is 11.1. The van der Waals surface area contributed by atoms with E-state index in [-0.39, 0.29) is 16.7 Å². The summed E-state index contributed by atoms with van der Waals surface area (Å²) < 4.78 is 2.64. The van der Waals surface area contributed by atoms with Crippen LogP contribution >= 0.6 is 15.9 Å². The molecule has 1 aromatic carbocycles. The molecule has 1 heterocycles. The highest BCUT2D eigenvalue weighted by molar-refractivity contribution is 9.10. The van der Waals surface area contributed by atoms with Gasteiger partial charge in [0.05, 0.1) is 11.5 Å². The summed E-state index contributed by atoms with van der Waals surface area (Å²) in [5, 5.41) is 11.1. The number of aromatic nitrogens is 1. The van der Waals surface area contributed by atoms with Crippen molar-refractivity contribution in [3.63, 3.8) is 0 Å². The van der Waals surface area contributed by atoms with Crippen LogP contribution in [-0.4, -0.2) is 9.49 Å². The fourth-order valence-electron chi connectivity index (χ4n) is 2.29. The topological polar surface area (TPSA) is 74.1 Å². The molecule has 112 valence electrons. The first-order chi connectivity index (χ1) is 10.0. The first-order valence-electron chi connectivity index (χ1n) is 6.85. The molecule has 1 atom stereocenters. The van der Waals surface area contributed by atoms with E-state index in [2.05, 4.69) is 22.9 Å². The molecule has 2 aromatic rings. The molecule has 0 radical (unpaired) electrons. The lowest BCUT2D eigenvalue weighted by Crippen LogP contribution is -2.09. The van der Waals surface area contributed by atoms with E-state index in [0.717, 1.165) is 18.4 Å². The summed E-state index contributed by atoms with van der Waals surface area (Å²) >= 11 is 3.26. The zero-order valence-electron chi connectivity index (χ0n) is 11.8. The molecule has 2 N–H and O–H groups in total. The summed E-state index contributed by atoms with van der Waals surface area (Å²) in [7, 11) is 0. The van der Waals surface area contributed by atoms with Gasteiger partial charge in [0, 0.05) is 34.5 Å². The molecule has 0 aliphatic heterocycles. The Morgan fingerprint density at radius 3 is 2.86 bits per heavy atom. The Bertz CT molecular complexity index is 640. The molecule has 0 aliphatic rings. The molecule has 0 spiro atoms. The van der Waals surface area contributed by atoms with Gasteiger partial charge in [-0.2, -0.15) is 0 Å². The van der Waals surface area contributed by atoms with Crippen LogP contribution in [0.4, 0.5) is 5.69 Å². The maximum absolute atomic E-state index is 11.1. The Labute approximate surface area is 132 Å². The lowest BCUT2D eigenvalue weighted by atomic mass is 10.1. The average Bonchev–Trinajstić information content (AvgIpc) is 2.89. The molecule has 0 saturated heterocycles. The van der Waals surface area contributed by atoms with Gasteiger partial charge in [0.2, 0.25) is 0 Å². The van der Waals surface area contributed by atoms with Gasteiger partial charge in [0.25, 0.3) is 5.69 Å². The molecule has 0 saturated carbocycles.